The molecule has 100 valence electrons. The molecule has 2 saturated heterocycles. The van der Waals surface area contributed by atoms with E-state index in [0.29, 0.717) is 12.5 Å². The van der Waals surface area contributed by atoms with Gasteiger partial charge in [0.15, 0.2) is 0 Å². The topological polar surface area (TPSA) is 39.1 Å². The van der Waals surface area contributed by atoms with E-state index in [1.165, 1.54) is 18.4 Å². The zero-order valence-electron chi connectivity index (χ0n) is 11.3. The Balaban J connectivity index is 1.76. The van der Waals surface area contributed by atoms with Crippen molar-refractivity contribution in [2.24, 2.45) is 5.92 Å². The van der Waals surface area contributed by atoms with Gasteiger partial charge in [-0.1, -0.05) is 30.3 Å². The fourth-order valence-electron chi connectivity index (χ4n) is 3.55. The lowest BCUT2D eigenvalue weighted by molar-refractivity contribution is 0.237. The zero-order chi connectivity index (χ0) is 13.1. The maximum atomic E-state index is 9.12. The highest BCUT2D eigenvalue weighted by Crippen LogP contribution is 2.33. The number of piperidine rings is 1. The van der Waals surface area contributed by atoms with E-state index in [1.807, 2.05) is 6.07 Å². The number of likely N-dealkylation sites (tertiary alicyclic amines) is 1. The predicted molar refractivity (Wildman–Crippen MR) is 75.5 cm³/mol. The Morgan fingerprint density at radius 1 is 1.32 bits per heavy atom. The van der Waals surface area contributed by atoms with Crippen LogP contribution < -0.4 is 5.32 Å². The molecule has 1 unspecified atom stereocenters. The average molecular weight is 255 g/mol. The zero-order valence-corrected chi connectivity index (χ0v) is 11.3. The number of nitriles is 1. The van der Waals surface area contributed by atoms with Gasteiger partial charge in [0.1, 0.15) is 0 Å². The number of hydrogen-bond acceptors (Lipinski definition) is 3. The Labute approximate surface area is 115 Å². The van der Waals surface area contributed by atoms with Crippen molar-refractivity contribution >= 4 is 0 Å². The van der Waals surface area contributed by atoms with Gasteiger partial charge in [0.2, 0.25) is 0 Å². The van der Waals surface area contributed by atoms with Gasteiger partial charge in [-0.05, 0) is 30.9 Å². The minimum atomic E-state index is 0.263. The average Bonchev–Trinajstić information content (AvgIpc) is 2.89. The quantitative estimate of drug-likeness (QED) is 0.901. The minimum absolute atomic E-state index is 0.263. The Morgan fingerprint density at radius 2 is 2.16 bits per heavy atom. The Kier molecular flexibility index (Phi) is 3.82. The highest BCUT2D eigenvalue weighted by Gasteiger charge is 2.37. The van der Waals surface area contributed by atoms with Crippen LogP contribution in [-0.4, -0.2) is 30.6 Å². The van der Waals surface area contributed by atoms with Gasteiger partial charge < -0.3 is 5.32 Å². The van der Waals surface area contributed by atoms with E-state index in [9.17, 15) is 0 Å². The van der Waals surface area contributed by atoms with Crippen molar-refractivity contribution in [1.29, 1.82) is 5.26 Å². The van der Waals surface area contributed by atoms with Crippen molar-refractivity contribution in [3.63, 3.8) is 0 Å². The Bertz CT molecular complexity index is 437. The SMILES string of the molecule is N#CCC(c1ccccc1)N1C[C@@H]2CCCN[C@@H]2C1. The maximum absolute atomic E-state index is 9.12. The molecule has 0 amide bonds. The van der Waals surface area contributed by atoms with E-state index in [2.05, 4.69) is 40.6 Å². The number of rotatable bonds is 3. The third-order valence-electron chi connectivity index (χ3n) is 4.54. The third kappa shape index (κ3) is 2.65. The molecule has 3 atom stereocenters. The van der Waals surface area contributed by atoms with Crippen LogP contribution in [0.25, 0.3) is 0 Å². The van der Waals surface area contributed by atoms with Crippen LogP contribution in [0.1, 0.15) is 30.9 Å². The highest BCUT2D eigenvalue weighted by atomic mass is 15.2. The number of nitrogens with zero attached hydrogens (tertiary/aromatic N) is 2. The molecule has 0 aromatic heterocycles. The van der Waals surface area contributed by atoms with E-state index in [0.717, 1.165) is 25.6 Å². The largest absolute Gasteiger partial charge is 0.312 e. The van der Waals surface area contributed by atoms with Gasteiger partial charge in [-0.3, -0.25) is 4.90 Å². The molecule has 1 aromatic carbocycles. The normalized spacial score (nSPS) is 28.6. The Hall–Kier alpha value is -1.37. The van der Waals surface area contributed by atoms with Crippen LogP contribution in [0.2, 0.25) is 0 Å². The van der Waals surface area contributed by atoms with E-state index >= 15 is 0 Å². The van der Waals surface area contributed by atoms with Gasteiger partial charge in [-0.15, -0.1) is 0 Å². The second kappa shape index (κ2) is 5.73. The lowest BCUT2D eigenvalue weighted by atomic mass is 9.94. The lowest BCUT2D eigenvalue weighted by Gasteiger charge is -2.26. The number of benzene rings is 1. The van der Waals surface area contributed by atoms with Crippen molar-refractivity contribution < 1.29 is 0 Å². The summed E-state index contributed by atoms with van der Waals surface area (Å²) in [6.45, 7) is 3.38. The Morgan fingerprint density at radius 3 is 2.89 bits per heavy atom. The number of fused-ring (bicyclic) bond motifs is 1. The maximum Gasteiger partial charge on any atom is 0.0641 e. The standard InChI is InChI=1S/C16H21N3/c17-9-8-16(13-5-2-1-3-6-13)19-11-14-7-4-10-18-15(14)12-19/h1-3,5-6,14-16,18H,4,7-8,10-12H2/t14-,15+,16?/m0/s1. The molecule has 2 aliphatic rings. The summed E-state index contributed by atoms with van der Waals surface area (Å²) in [6, 6.07) is 13.7. The summed E-state index contributed by atoms with van der Waals surface area (Å²) in [7, 11) is 0. The fraction of sp³-hybridized carbons (Fsp3) is 0.562. The van der Waals surface area contributed by atoms with Gasteiger partial charge in [0.25, 0.3) is 0 Å². The molecule has 2 heterocycles. The summed E-state index contributed by atoms with van der Waals surface area (Å²) in [5.74, 6) is 0.777. The van der Waals surface area contributed by atoms with Crippen molar-refractivity contribution in [2.75, 3.05) is 19.6 Å². The van der Waals surface area contributed by atoms with Crippen LogP contribution in [0, 0.1) is 17.2 Å². The first kappa shape index (κ1) is 12.7. The van der Waals surface area contributed by atoms with E-state index in [-0.39, 0.29) is 6.04 Å². The van der Waals surface area contributed by atoms with E-state index in [1.54, 1.807) is 0 Å². The first-order chi connectivity index (χ1) is 9.38. The summed E-state index contributed by atoms with van der Waals surface area (Å²) in [5, 5.41) is 12.8. The van der Waals surface area contributed by atoms with Crippen LogP contribution >= 0.6 is 0 Å². The van der Waals surface area contributed by atoms with Gasteiger partial charge >= 0.3 is 0 Å². The molecule has 3 rings (SSSR count). The van der Waals surface area contributed by atoms with Crippen LogP contribution in [0.3, 0.4) is 0 Å². The van der Waals surface area contributed by atoms with Crippen molar-refractivity contribution in [3.05, 3.63) is 35.9 Å². The second-order valence-electron chi connectivity index (χ2n) is 5.71. The van der Waals surface area contributed by atoms with Gasteiger partial charge in [-0.25, -0.2) is 0 Å². The molecular weight excluding hydrogens is 234 g/mol. The van der Waals surface area contributed by atoms with Crippen molar-refractivity contribution in [2.45, 2.75) is 31.3 Å². The third-order valence-corrected chi connectivity index (χ3v) is 4.54. The molecule has 2 fully saturated rings. The molecule has 3 heteroatoms. The van der Waals surface area contributed by atoms with Crippen LogP contribution in [-0.2, 0) is 0 Å². The number of nitrogens with one attached hydrogen (secondary N) is 1. The summed E-state index contributed by atoms with van der Waals surface area (Å²) in [5.41, 5.74) is 1.28. The van der Waals surface area contributed by atoms with Crippen molar-refractivity contribution in [3.8, 4) is 6.07 Å². The van der Waals surface area contributed by atoms with Crippen molar-refractivity contribution in [1.82, 2.24) is 10.2 Å². The molecule has 2 aliphatic heterocycles. The lowest BCUT2D eigenvalue weighted by Crippen LogP contribution is -2.40. The first-order valence-corrected chi connectivity index (χ1v) is 7.28. The van der Waals surface area contributed by atoms with E-state index < -0.39 is 0 Å². The number of hydrogen-bond donors (Lipinski definition) is 1. The molecule has 3 nitrogen and oxygen atoms in total. The smallest absolute Gasteiger partial charge is 0.0641 e. The van der Waals surface area contributed by atoms with Gasteiger partial charge in [-0.2, -0.15) is 5.26 Å². The molecule has 0 bridgehead atoms. The molecular formula is C16H21N3. The highest BCUT2D eigenvalue weighted by molar-refractivity contribution is 5.21. The molecule has 0 saturated carbocycles. The second-order valence-corrected chi connectivity index (χ2v) is 5.71. The summed E-state index contributed by atoms with van der Waals surface area (Å²) in [6.07, 6.45) is 3.22. The van der Waals surface area contributed by atoms with E-state index in [4.69, 9.17) is 5.26 Å². The summed E-state index contributed by atoms with van der Waals surface area (Å²) >= 11 is 0. The molecule has 0 radical (unpaired) electrons. The molecule has 1 aromatic rings. The monoisotopic (exact) mass is 255 g/mol. The van der Waals surface area contributed by atoms with Crippen LogP contribution in [0.4, 0.5) is 0 Å². The fourth-order valence-corrected chi connectivity index (χ4v) is 3.55. The van der Waals surface area contributed by atoms with Crippen LogP contribution in [0.5, 0.6) is 0 Å². The summed E-state index contributed by atoms with van der Waals surface area (Å²) < 4.78 is 0. The predicted octanol–water partition coefficient (Wildman–Crippen LogP) is 2.33. The summed E-state index contributed by atoms with van der Waals surface area (Å²) in [4.78, 5) is 2.51. The molecule has 0 aliphatic carbocycles. The van der Waals surface area contributed by atoms with Gasteiger partial charge in [0, 0.05) is 25.2 Å². The molecule has 1 N–H and O–H groups in total. The molecule has 19 heavy (non-hydrogen) atoms. The van der Waals surface area contributed by atoms with Gasteiger partial charge in [0.05, 0.1) is 12.5 Å². The first-order valence-electron chi connectivity index (χ1n) is 7.28. The molecule has 0 spiro atoms. The minimum Gasteiger partial charge on any atom is -0.312 e. The van der Waals surface area contributed by atoms with Crippen LogP contribution in [0.15, 0.2) is 30.3 Å².